The summed E-state index contributed by atoms with van der Waals surface area (Å²) >= 11 is 0. The normalized spacial score (nSPS) is 29.4. The summed E-state index contributed by atoms with van der Waals surface area (Å²) in [6.45, 7) is 8.09. The molecule has 0 amide bonds. The van der Waals surface area contributed by atoms with Gasteiger partial charge < -0.3 is 9.88 Å². The van der Waals surface area contributed by atoms with Crippen LogP contribution in [0.15, 0.2) is 6.33 Å². The Morgan fingerprint density at radius 2 is 2.16 bits per heavy atom. The van der Waals surface area contributed by atoms with Gasteiger partial charge in [0.25, 0.3) is 0 Å². The minimum atomic E-state index is 0.395. The second kappa shape index (κ2) is 4.93. The first-order valence-corrected chi connectivity index (χ1v) is 7.91. The number of rotatable bonds is 3. The van der Waals surface area contributed by atoms with E-state index in [4.69, 9.17) is 0 Å². The fourth-order valence-electron chi connectivity index (χ4n) is 4.07. The summed E-state index contributed by atoms with van der Waals surface area (Å²) in [7, 11) is 0. The molecule has 0 spiro atoms. The Balaban J connectivity index is 1.91. The lowest BCUT2D eigenvalue weighted by molar-refractivity contribution is 0.250. The predicted molar refractivity (Wildman–Crippen MR) is 78.4 cm³/mol. The Hall–Kier alpha value is -0.830. The minimum Gasteiger partial charge on any atom is -0.330 e. The highest BCUT2D eigenvalue weighted by molar-refractivity contribution is 5.19. The first-order chi connectivity index (χ1) is 9.13. The monoisotopic (exact) mass is 261 g/mol. The van der Waals surface area contributed by atoms with Crippen molar-refractivity contribution in [1.29, 1.82) is 0 Å². The van der Waals surface area contributed by atoms with Crippen LogP contribution in [-0.2, 0) is 12.8 Å². The van der Waals surface area contributed by atoms with Crippen LogP contribution in [0.25, 0.3) is 0 Å². The number of aromatic nitrogens is 2. The molecule has 106 valence electrons. The van der Waals surface area contributed by atoms with Crippen molar-refractivity contribution in [1.82, 2.24) is 14.9 Å². The summed E-state index contributed by atoms with van der Waals surface area (Å²) in [5, 5.41) is 3.73. The molecule has 0 saturated heterocycles. The van der Waals surface area contributed by atoms with Gasteiger partial charge in [-0.1, -0.05) is 20.8 Å². The molecular weight excluding hydrogens is 234 g/mol. The summed E-state index contributed by atoms with van der Waals surface area (Å²) in [6.07, 6.45) is 9.77. The molecule has 19 heavy (non-hydrogen) atoms. The van der Waals surface area contributed by atoms with Crippen molar-refractivity contribution in [2.24, 2.45) is 5.41 Å². The molecule has 0 radical (unpaired) electrons. The van der Waals surface area contributed by atoms with Crippen molar-refractivity contribution >= 4 is 0 Å². The number of nitrogens with one attached hydrogen (secondary N) is 1. The number of hydrogen-bond acceptors (Lipinski definition) is 2. The van der Waals surface area contributed by atoms with Crippen LogP contribution >= 0.6 is 0 Å². The molecule has 2 atom stereocenters. The van der Waals surface area contributed by atoms with E-state index in [9.17, 15) is 0 Å². The summed E-state index contributed by atoms with van der Waals surface area (Å²) < 4.78 is 2.51. The molecule has 3 rings (SSSR count). The SMILES string of the molecule is CCNC1C(n2cnc3c2CCCC3)CCC1(C)C. The highest BCUT2D eigenvalue weighted by Crippen LogP contribution is 2.44. The van der Waals surface area contributed by atoms with Gasteiger partial charge in [-0.05, 0) is 50.5 Å². The van der Waals surface area contributed by atoms with Crippen molar-refractivity contribution in [2.75, 3.05) is 6.54 Å². The van der Waals surface area contributed by atoms with E-state index in [1.807, 2.05) is 0 Å². The molecule has 1 N–H and O–H groups in total. The van der Waals surface area contributed by atoms with Crippen LogP contribution in [0, 0.1) is 5.41 Å². The van der Waals surface area contributed by atoms with E-state index in [1.54, 1.807) is 0 Å². The van der Waals surface area contributed by atoms with E-state index < -0.39 is 0 Å². The van der Waals surface area contributed by atoms with E-state index in [0.717, 1.165) is 6.54 Å². The number of aryl methyl sites for hydroxylation is 1. The lowest BCUT2D eigenvalue weighted by atomic mass is 9.86. The molecule has 1 aromatic heterocycles. The van der Waals surface area contributed by atoms with E-state index >= 15 is 0 Å². The molecular formula is C16H27N3. The standard InChI is InChI=1S/C16H27N3/c1-4-17-15-14(9-10-16(15,2)3)19-11-18-12-7-5-6-8-13(12)19/h11,14-15,17H,4-10H2,1-3H3. The average Bonchev–Trinajstić information content (AvgIpc) is 2.93. The molecule has 3 heteroatoms. The van der Waals surface area contributed by atoms with Crippen molar-refractivity contribution in [3.05, 3.63) is 17.7 Å². The van der Waals surface area contributed by atoms with Gasteiger partial charge in [0.05, 0.1) is 18.1 Å². The van der Waals surface area contributed by atoms with E-state index in [-0.39, 0.29) is 0 Å². The van der Waals surface area contributed by atoms with E-state index in [1.165, 1.54) is 49.9 Å². The molecule has 0 bridgehead atoms. The fraction of sp³-hybridized carbons (Fsp3) is 0.812. The molecule has 2 aliphatic rings. The average molecular weight is 261 g/mol. The lowest BCUT2D eigenvalue weighted by Gasteiger charge is -2.33. The molecule has 2 aliphatic carbocycles. The zero-order valence-corrected chi connectivity index (χ0v) is 12.6. The topological polar surface area (TPSA) is 29.9 Å². The van der Waals surface area contributed by atoms with Gasteiger partial charge in [-0.15, -0.1) is 0 Å². The first kappa shape index (κ1) is 13.2. The number of fused-ring (bicyclic) bond motifs is 1. The van der Waals surface area contributed by atoms with Gasteiger partial charge in [0, 0.05) is 11.7 Å². The van der Waals surface area contributed by atoms with Gasteiger partial charge in [0.2, 0.25) is 0 Å². The molecule has 0 aliphatic heterocycles. The van der Waals surface area contributed by atoms with Gasteiger partial charge in [-0.3, -0.25) is 0 Å². The third-order valence-corrected chi connectivity index (χ3v) is 5.15. The van der Waals surface area contributed by atoms with Crippen molar-refractivity contribution < 1.29 is 0 Å². The Morgan fingerprint density at radius 3 is 2.95 bits per heavy atom. The third kappa shape index (κ3) is 2.22. The van der Waals surface area contributed by atoms with Crippen LogP contribution in [0.1, 0.15) is 63.9 Å². The number of likely N-dealkylation sites (N-methyl/N-ethyl adjacent to an activating group) is 1. The van der Waals surface area contributed by atoms with Crippen LogP contribution in [0.2, 0.25) is 0 Å². The zero-order valence-electron chi connectivity index (χ0n) is 12.6. The molecule has 3 nitrogen and oxygen atoms in total. The van der Waals surface area contributed by atoms with Gasteiger partial charge >= 0.3 is 0 Å². The minimum absolute atomic E-state index is 0.395. The van der Waals surface area contributed by atoms with Crippen LogP contribution in [0.4, 0.5) is 0 Å². The smallest absolute Gasteiger partial charge is 0.0954 e. The Morgan fingerprint density at radius 1 is 1.37 bits per heavy atom. The number of imidazole rings is 1. The van der Waals surface area contributed by atoms with Crippen molar-refractivity contribution in [3.63, 3.8) is 0 Å². The Bertz CT molecular complexity index is 447. The summed E-state index contributed by atoms with van der Waals surface area (Å²) in [5.74, 6) is 0. The Kier molecular flexibility index (Phi) is 3.42. The van der Waals surface area contributed by atoms with Gasteiger partial charge in [0.1, 0.15) is 0 Å². The number of nitrogens with zero attached hydrogens (tertiary/aromatic N) is 2. The Labute approximate surface area is 116 Å². The molecule has 2 unspecified atom stereocenters. The van der Waals surface area contributed by atoms with Crippen molar-refractivity contribution in [3.8, 4) is 0 Å². The maximum Gasteiger partial charge on any atom is 0.0954 e. The molecule has 1 saturated carbocycles. The van der Waals surface area contributed by atoms with Gasteiger partial charge in [0.15, 0.2) is 0 Å². The summed E-state index contributed by atoms with van der Waals surface area (Å²) in [4.78, 5) is 4.68. The maximum absolute atomic E-state index is 4.68. The maximum atomic E-state index is 4.68. The van der Waals surface area contributed by atoms with Crippen LogP contribution in [-0.4, -0.2) is 22.1 Å². The van der Waals surface area contributed by atoms with Crippen LogP contribution in [0.5, 0.6) is 0 Å². The van der Waals surface area contributed by atoms with Crippen LogP contribution < -0.4 is 5.32 Å². The lowest BCUT2D eigenvalue weighted by Crippen LogP contribution is -2.43. The summed E-state index contributed by atoms with van der Waals surface area (Å²) in [5.41, 5.74) is 3.29. The van der Waals surface area contributed by atoms with E-state index in [2.05, 4.69) is 42.0 Å². The first-order valence-electron chi connectivity index (χ1n) is 7.91. The van der Waals surface area contributed by atoms with Crippen LogP contribution in [0.3, 0.4) is 0 Å². The number of hydrogen-bond donors (Lipinski definition) is 1. The summed E-state index contributed by atoms with van der Waals surface area (Å²) in [6, 6.07) is 1.18. The molecule has 0 aromatic carbocycles. The third-order valence-electron chi connectivity index (χ3n) is 5.15. The van der Waals surface area contributed by atoms with Gasteiger partial charge in [-0.2, -0.15) is 0 Å². The predicted octanol–water partition coefficient (Wildman–Crippen LogP) is 3.10. The highest BCUT2D eigenvalue weighted by atomic mass is 15.1. The van der Waals surface area contributed by atoms with Crippen molar-refractivity contribution in [2.45, 2.75) is 71.4 Å². The zero-order chi connectivity index (χ0) is 13.5. The molecule has 1 heterocycles. The quantitative estimate of drug-likeness (QED) is 0.906. The van der Waals surface area contributed by atoms with Gasteiger partial charge in [-0.25, -0.2) is 4.98 Å². The second-order valence-corrected chi connectivity index (χ2v) is 6.88. The second-order valence-electron chi connectivity index (χ2n) is 6.88. The highest BCUT2D eigenvalue weighted by Gasteiger charge is 2.43. The molecule has 1 fully saturated rings. The molecule has 1 aromatic rings. The van der Waals surface area contributed by atoms with E-state index in [0.29, 0.717) is 17.5 Å². The fourth-order valence-corrected chi connectivity index (χ4v) is 4.07. The largest absolute Gasteiger partial charge is 0.330 e.